The molecule has 4 heteroatoms. The first-order valence-electron chi connectivity index (χ1n) is 6.17. The lowest BCUT2D eigenvalue weighted by Crippen LogP contribution is -2.33. The molecule has 0 radical (unpaired) electrons. The molecule has 0 fully saturated rings. The zero-order valence-electron chi connectivity index (χ0n) is 12.0. The maximum absolute atomic E-state index is 11.7. The first kappa shape index (κ1) is 16.4. The van der Waals surface area contributed by atoms with E-state index in [-0.39, 0.29) is 18.2 Å². The molecule has 0 bridgehead atoms. The molecule has 0 heterocycles. The van der Waals surface area contributed by atoms with Crippen LogP contribution in [0.2, 0.25) is 0 Å². The van der Waals surface area contributed by atoms with Crippen molar-refractivity contribution in [3.05, 3.63) is 0 Å². The number of esters is 1. The van der Waals surface area contributed by atoms with Crippen LogP contribution in [-0.4, -0.2) is 24.8 Å². The van der Waals surface area contributed by atoms with Gasteiger partial charge in [-0.2, -0.15) is 0 Å². The summed E-state index contributed by atoms with van der Waals surface area (Å²) in [4.78, 5) is 22.0. The van der Waals surface area contributed by atoms with Gasteiger partial charge in [-0.3, -0.25) is 4.79 Å². The second-order valence-electron chi connectivity index (χ2n) is 5.83. The SMILES string of the molecule is CCCCOC(=O)C(C)(C)COOC(C)(C)C. The second-order valence-corrected chi connectivity index (χ2v) is 5.83. The number of carbonyl (C=O) groups is 1. The highest BCUT2D eigenvalue weighted by Gasteiger charge is 2.31. The Labute approximate surface area is 105 Å². The van der Waals surface area contributed by atoms with Gasteiger partial charge in [-0.15, -0.1) is 0 Å². The standard InChI is InChI=1S/C13H26O4/c1-7-8-9-15-11(14)13(5,6)10-16-17-12(2,3)4/h7-10H2,1-6H3. The molecule has 0 amide bonds. The Bertz CT molecular complexity index is 228. The van der Waals surface area contributed by atoms with Crippen molar-refractivity contribution in [1.29, 1.82) is 0 Å². The molecule has 0 aliphatic heterocycles. The smallest absolute Gasteiger partial charge is 0.313 e. The van der Waals surface area contributed by atoms with Crippen LogP contribution in [0.25, 0.3) is 0 Å². The normalized spacial score (nSPS) is 12.6. The minimum Gasteiger partial charge on any atom is -0.465 e. The van der Waals surface area contributed by atoms with Crippen LogP contribution in [0.3, 0.4) is 0 Å². The third-order valence-electron chi connectivity index (χ3n) is 2.01. The fourth-order valence-electron chi connectivity index (χ4n) is 0.917. The molecule has 0 saturated heterocycles. The van der Waals surface area contributed by atoms with Crippen LogP contribution in [0.1, 0.15) is 54.4 Å². The average Bonchev–Trinajstić information content (AvgIpc) is 2.15. The summed E-state index contributed by atoms with van der Waals surface area (Å²) in [5.41, 5.74) is -1.05. The Kier molecular flexibility index (Phi) is 6.72. The third-order valence-corrected chi connectivity index (χ3v) is 2.01. The van der Waals surface area contributed by atoms with Crippen molar-refractivity contribution in [2.75, 3.05) is 13.2 Å². The van der Waals surface area contributed by atoms with Gasteiger partial charge < -0.3 is 4.74 Å². The van der Waals surface area contributed by atoms with Gasteiger partial charge in [0.25, 0.3) is 0 Å². The largest absolute Gasteiger partial charge is 0.465 e. The quantitative estimate of drug-likeness (QED) is 0.300. The summed E-state index contributed by atoms with van der Waals surface area (Å²) in [6, 6.07) is 0. The molecule has 0 spiro atoms. The van der Waals surface area contributed by atoms with Gasteiger partial charge in [0.05, 0.1) is 24.2 Å². The van der Waals surface area contributed by atoms with E-state index in [1.807, 2.05) is 20.8 Å². The van der Waals surface area contributed by atoms with E-state index in [9.17, 15) is 4.79 Å². The molecule has 0 rings (SSSR count). The Hall–Kier alpha value is -0.610. The Morgan fingerprint density at radius 1 is 1.12 bits per heavy atom. The highest BCUT2D eigenvalue weighted by atomic mass is 17.2. The van der Waals surface area contributed by atoms with Crippen molar-refractivity contribution in [1.82, 2.24) is 0 Å². The fourth-order valence-corrected chi connectivity index (χ4v) is 0.917. The van der Waals surface area contributed by atoms with E-state index in [1.165, 1.54) is 0 Å². The summed E-state index contributed by atoms with van der Waals surface area (Å²) >= 11 is 0. The molecule has 0 aromatic heterocycles. The monoisotopic (exact) mass is 246 g/mol. The molecule has 4 nitrogen and oxygen atoms in total. The lowest BCUT2D eigenvalue weighted by molar-refractivity contribution is -0.357. The van der Waals surface area contributed by atoms with Crippen molar-refractivity contribution < 1.29 is 19.3 Å². The third kappa shape index (κ3) is 8.16. The predicted octanol–water partition coefficient (Wildman–Crippen LogP) is 3.10. The predicted molar refractivity (Wildman–Crippen MR) is 66.4 cm³/mol. The molecular weight excluding hydrogens is 220 g/mol. The molecule has 0 atom stereocenters. The topological polar surface area (TPSA) is 44.8 Å². The number of unbranched alkanes of at least 4 members (excludes halogenated alkanes) is 1. The van der Waals surface area contributed by atoms with E-state index in [1.54, 1.807) is 13.8 Å². The van der Waals surface area contributed by atoms with E-state index in [0.29, 0.717) is 6.61 Å². The molecule has 0 aliphatic rings. The second kappa shape index (κ2) is 6.97. The highest BCUT2D eigenvalue weighted by molar-refractivity contribution is 5.76. The number of ether oxygens (including phenoxy) is 1. The van der Waals surface area contributed by atoms with Gasteiger partial charge >= 0.3 is 5.97 Å². The van der Waals surface area contributed by atoms with E-state index in [0.717, 1.165) is 12.8 Å². The number of rotatable bonds is 7. The first-order valence-corrected chi connectivity index (χ1v) is 6.17. The van der Waals surface area contributed by atoms with Gasteiger partial charge in [0.1, 0.15) is 0 Å². The van der Waals surface area contributed by atoms with E-state index in [4.69, 9.17) is 14.5 Å². The summed E-state index contributed by atoms with van der Waals surface area (Å²) < 4.78 is 5.16. The molecule has 0 aromatic rings. The lowest BCUT2D eigenvalue weighted by atomic mass is 9.95. The van der Waals surface area contributed by atoms with Gasteiger partial charge in [-0.05, 0) is 41.0 Å². The maximum Gasteiger partial charge on any atom is 0.313 e. The summed E-state index contributed by atoms with van der Waals surface area (Å²) in [7, 11) is 0. The van der Waals surface area contributed by atoms with Crippen molar-refractivity contribution >= 4 is 5.97 Å². The average molecular weight is 246 g/mol. The number of hydrogen-bond donors (Lipinski definition) is 0. The van der Waals surface area contributed by atoms with Crippen LogP contribution in [0.4, 0.5) is 0 Å². The molecular formula is C13H26O4. The van der Waals surface area contributed by atoms with E-state index >= 15 is 0 Å². The number of carbonyl (C=O) groups excluding carboxylic acids is 1. The van der Waals surface area contributed by atoms with Crippen molar-refractivity contribution in [2.24, 2.45) is 5.41 Å². The van der Waals surface area contributed by atoms with E-state index < -0.39 is 5.41 Å². The summed E-state index contributed by atoms with van der Waals surface area (Å²) in [5.74, 6) is -0.247. The molecule has 0 aromatic carbocycles. The summed E-state index contributed by atoms with van der Waals surface area (Å²) in [6.07, 6.45) is 1.90. The molecule has 0 aliphatic carbocycles. The molecule has 0 saturated carbocycles. The van der Waals surface area contributed by atoms with Crippen LogP contribution in [-0.2, 0) is 19.3 Å². The van der Waals surface area contributed by atoms with Crippen LogP contribution in [0.15, 0.2) is 0 Å². The molecule has 17 heavy (non-hydrogen) atoms. The van der Waals surface area contributed by atoms with Gasteiger partial charge in [-0.25, -0.2) is 9.78 Å². The Morgan fingerprint density at radius 3 is 2.18 bits per heavy atom. The first-order chi connectivity index (χ1) is 7.69. The van der Waals surface area contributed by atoms with Gasteiger partial charge in [-0.1, -0.05) is 13.3 Å². The minimum absolute atomic E-state index is 0.190. The van der Waals surface area contributed by atoms with E-state index in [2.05, 4.69) is 6.92 Å². The zero-order chi connectivity index (χ0) is 13.5. The van der Waals surface area contributed by atoms with Crippen molar-refractivity contribution in [3.63, 3.8) is 0 Å². The molecule has 102 valence electrons. The summed E-state index contributed by atoms with van der Waals surface area (Å²) in [5, 5.41) is 0. The van der Waals surface area contributed by atoms with Crippen LogP contribution >= 0.6 is 0 Å². The summed E-state index contributed by atoms with van der Waals surface area (Å²) in [6.45, 7) is 12.0. The van der Waals surface area contributed by atoms with Crippen LogP contribution in [0.5, 0.6) is 0 Å². The van der Waals surface area contributed by atoms with Gasteiger partial charge in [0.2, 0.25) is 0 Å². The Morgan fingerprint density at radius 2 is 1.71 bits per heavy atom. The molecule has 0 unspecified atom stereocenters. The van der Waals surface area contributed by atoms with Gasteiger partial charge in [0.15, 0.2) is 0 Å². The Balaban J connectivity index is 3.96. The van der Waals surface area contributed by atoms with Gasteiger partial charge in [0, 0.05) is 0 Å². The fraction of sp³-hybridized carbons (Fsp3) is 0.923. The van der Waals surface area contributed by atoms with Crippen LogP contribution < -0.4 is 0 Å². The zero-order valence-corrected chi connectivity index (χ0v) is 12.0. The maximum atomic E-state index is 11.7. The number of hydrogen-bond acceptors (Lipinski definition) is 4. The lowest BCUT2D eigenvalue weighted by Gasteiger charge is -2.24. The van der Waals surface area contributed by atoms with Crippen molar-refractivity contribution in [3.8, 4) is 0 Å². The van der Waals surface area contributed by atoms with Crippen molar-refractivity contribution in [2.45, 2.75) is 60.0 Å². The minimum atomic E-state index is -0.682. The highest BCUT2D eigenvalue weighted by Crippen LogP contribution is 2.19. The molecule has 0 N–H and O–H groups in total. The van der Waals surface area contributed by atoms with Crippen LogP contribution in [0, 0.1) is 5.41 Å².